The van der Waals surface area contributed by atoms with Crippen molar-refractivity contribution in [3.63, 3.8) is 0 Å². The fraction of sp³-hybridized carbons (Fsp3) is 0.703. The van der Waals surface area contributed by atoms with E-state index < -0.39 is 48.4 Å². The average Bonchev–Trinajstić information content (AvgIpc) is 0.948. The molecule has 0 aromatic rings. The number of hydrogen-bond donors (Lipinski definition) is 9. The van der Waals surface area contributed by atoms with Crippen molar-refractivity contribution in [2.75, 3.05) is 132 Å². The number of carbonyl (C=O) groups is 14. The number of terminal acetylenes is 4. The highest BCUT2D eigenvalue weighted by Crippen LogP contribution is 2.12. The SMILES string of the molecule is C#CCCC(=O)CCCOCC(=O)CCCCC[C@H](NC(=O)COCCNC(=O)CCC#C)C(=O)CCCOCC(=O)N[C@@H](CCCCNC(=O)COCCCC(=O)[C@H](CCCCNC(=O)COCCNC(=O)CCC#C)NC(=O)COCCNC(=O)CCC#C)C(=O)CCCOCC(=O)NCCC. The Morgan fingerprint density at radius 3 is 0.913 bits per heavy atom. The molecule has 0 aliphatic carbocycles. The molecule has 9 amide bonds. The van der Waals surface area contributed by atoms with Crippen molar-refractivity contribution in [2.24, 2.45) is 0 Å². The Morgan fingerprint density at radius 2 is 0.558 bits per heavy atom. The standard InChI is InChI=1S/C74H115N9O21/c1-6-11-26-58(84)28-22-44-98-51-59(85)27-16-15-17-29-60(81-73(96)56-103-49-42-79-67(90)36-13-8-3)63(86)34-25-47-101-55-72(95)82-61(64(87)32-23-45-99-52-69(92)75-38-10-5)30-18-20-39-76-70(93)53-100-46-24-33-65(88)62(83-74(97)57-104-50-43-80-68(91)37-14-9-4)31-19-21-40-77-71(94)54-102-48-41-78-66(89)35-12-7-2/h1-4,60-62H,10-57H2,5H3,(H,75,92)(H,76,93)(H,77,94)(H,78,89)(H,79,90)(H,80,91)(H,81,96)(H,82,95)(H,83,97)/t60-,61-,62-/m0/s1. The molecule has 0 aliphatic rings. The molecule has 0 saturated heterocycles. The molecule has 0 rings (SSSR count). The number of amides is 9. The molecule has 104 heavy (non-hydrogen) atoms. The average molecular weight is 1470 g/mol. The van der Waals surface area contributed by atoms with Gasteiger partial charge in [-0.3, -0.25) is 67.1 Å². The summed E-state index contributed by atoms with van der Waals surface area (Å²) in [5.41, 5.74) is 0. The van der Waals surface area contributed by atoms with E-state index >= 15 is 0 Å². The van der Waals surface area contributed by atoms with Gasteiger partial charge in [-0.1, -0.05) is 19.8 Å². The lowest BCUT2D eigenvalue weighted by Gasteiger charge is -2.19. The molecule has 582 valence electrons. The molecule has 30 nitrogen and oxygen atoms in total. The van der Waals surface area contributed by atoms with Gasteiger partial charge < -0.3 is 81.0 Å². The second-order valence-corrected chi connectivity index (χ2v) is 24.1. The van der Waals surface area contributed by atoms with Crippen molar-refractivity contribution in [3.05, 3.63) is 0 Å². The smallest absolute Gasteiger partial charge is 0.246 e. The van der Waals surface area contributed by atoms with Gasteiger partial charge in [-0.25, -0.2) is 0 Å². The third-order valence-corrected chi connectivity index (χ3v) is 15.0. The van der Waals surface area contributed by atoms with E-state index in [4.69, 9.17) is 58.9 Å². The summed E-state index contributed by atoms with van der Waals surface area (Å²) < 4.78 is 38.2. The van der Waals surface area contributed by atoms with Crippen LogP contribution in [0.15, 0.2) is 0 Å². The van der Waals surface area contributed by atoms with Gasteiger partial charge >= 0.3 is 0 Å². The Labute approximate surface area is 613 Å². The first-order chi connectivity index (χ1) is 50.3. The number of hydrogen-bond acceptors (Lipinski definition) is 21. The minimum absolute atomic E-state index is 0.00124. The molecule has 0 unspecified atom stereocenters. The van der Waals surface area contributed by atoms with Crippen LogP contribution in [-0.2, 0) is 100 Å². The van der Waals surface area contributed by atoms with Crippen molar-refractivity contribution < 1.29 is 100 Å². The van der Waals surface area contributed by atoms with E-state index in [0.717, 1.165) is 6.42 Å². The van der Waals surface area contributed by atoms with Crippen LogP contribution in [-0.4, -0.2) is 232 Å². The molecule has 0 radical (unpaired) electrons. The van der Waals surface area contributed by atoms with Crippen LogP contribution in [0.5, 0.6) is 0 Å². The monoisotopic (exact) mass is 1470 g/mol. The Kier molecular flexibility index (Phi) is 62.2. The first kappa shape index (κ1) is 95.5. The van der Waals surface area contributed by atoms with Gasteiger partial charge in [0.05, 0.1) is 37.9 Å². The zero-order valence-electron chi connectivity index (χ0n) is 61.1. The number of Topliss-reactive ketones (excluding diaryl/α,β-unsaturated/α-hetero) is 5. The Bertz CT molecular complexity index is 2740. The molecule has 3 atom stereocenters. The van der Waals surface area contributed by atoms with Gasteiger partial charge in [-0.05, 0) is 83.5 Å². The van der Waals surface area contributed by atoms with E-state index in [9.17, 15) is 67.1 Å². The van der Waals surface area contributed by atoms with Crippen LogP contribution in [0.3, 0.4) is 0 Å². The topological polar surface area (TPSA) is 412 Å². The minimum atomic E-state index is -0.932. The van der Waals surface area contributed by atoms with Crippen LogP contribution in [0, 0.1) is 49.4 Å². The molecule has 30 heteroatoms. The normalized spacial score (nSPS) is 11.5. The van der Waals surface area contributed by atoms with Crippen molar-refractivity contribution >= 4 is 82.1 Å². The summed E-state index contributed by atoms with van der Waals surface area (Å²) in [7, 11) is 0. The predicted molar refractivity (Wildman–Crippen MR) is 385 cm³/mol. The van der Waals surface area contributed by atoms with Crippen molar-refractivity contribution in [1.82, 2.24) is 47.9 Å². The molecular weight excluding hydrogens is 1350 g/mol. The van der Waals surface area contributed by atoms with Gasteiger partial charge in [0.2, 0.25) is 53.2 Å². The lowest BCUT2D eigenvalue weighted by molar-refractivity contribution is -0.132. The third-order valence-electron chi connectivity index (χ3n) is 15.0. The largest absolute Gasteiger partial charge is 0.374 e. The van der Waals surface area contributed by atoms with Gasteiger partial charge in [0.25, 0.3) is 0 Å². The second kappa shape index (κ2) is 67.7. The van der Waals surface area contributed by atoms with Crippen LogP contribution in [0.4, 0.5) is 0 Å². The molecule has 0 spiro atoms. The zero-order valence-corrected chi connectivity index (χ0v) is 61.1. The van der Waals surface area contributed by atoms with Crippen LogP contribution in [0.25, 0.3) is 0 Å². The summed E-state index contributed by atoms with van der Waals surface area (Å²) in [5, 5.41) is 24.3. The highest BCUT2D eigenvalue weighted by atomic mass is 16.5. The fourth-order valence-corrected chi connectivity index (χ4v) is 9.45. The summed E-state index contributed by atoms with van der Waals surface area (Å²) in [6.45, 7) is 2.00. The maximum Gasteiger partial charge on any atom is 0.246 e. The molecule has 0 heterocycles. The van der Waals surface area contributed by atoms with Gasteiger partial charge in [0.1, 0.15) is 52.0 Å². The number of rotatable bonds is 71. The van der Waals surface area contributed by atoms with Crippen LogP contribution >= 0.6 is 0 Å². The summed E-state index contributed by atoms with van der Waals surface area (Å²) in [4.78, 5) is 176. The van der Waals surface area contributed by atoms with E-state index in [-0.39, 0.29) is 273 Å². The molecular formula is C74H115N9O21. The first-order valence-corrected chi connectivity index (χ1v) is 36.2. The lowest BCUT2D eigenvalue weighted by Crippen LogP contribution is -2.43. The van der Waals surface area contributed by atoms with Gasteiger partial charge in [0, 0.05) is 149 Å². The maximum atomic E-state index is 13.6. The molecule has 0 bridgehead atoms. The fourth-order valence-electron chi connectivity index (χ4n) is 9.45. The number of ether oxygens (including phenoxy) is 7. The first-order valence-electron chi connectivity index (χ1n) is 36.2. The van der Waals surface area contributed by atoms with Crippen LogP contribution in [0.2, 0.25) is 0 Å². The number of nitrogens with one attached hydrogen (secondary N) is 9. The quantitative estimate of drug-likeness (QED) is 0.0308. The minimum Gasteiger partial charge on any atom is -0.374 e. The molecule has 0 saturated carbocycles. The van der Waals surface area contributed by atoms with Crippen LogP contribution in [0.1, 0.15) is 187 Å². The van der Waals surface area contributed by atoms with Crippen molar-refractivity contribution in [3.8, 4) is 49.4 Å². The van der Waals surface area contributed by atoms with Gasteiger partial charge in [0.15, 0.2) is 23.1 Å². The van der Waals surface area contributed by atoms with Gasteiger partial charge in [-0.2, -0.15) is 0 Å². The summed E-state index contributed by atoms with van der Waals surface area (Å²) >= 11 is 0. The maximum absolute atomic E-state index is 13.6. The number of ketones is 5. The Hall–Kier alpha value is -8.46. The summed E-state index contributed by atoms with van der Waals surface area (Å²) in [6.07, 6.45) is 29.4. The van der Waals surface area contributed by atoms with E-state index in [1.807, 2.05) is 6.92 Å². The number of unbranched alkanes of at least 4 members (excludes halogenated alkanes) is 4. The van der Waals surface area contributed by atoms with E-state index in [1.165, 1.54) is 0 Å². The third kappa shape index (κ3) is 60.0. The molecule has 0 fully saturated rings. The predicted octanol–water partition coefficient (Wildman–Crippen LogP) is 1.58. The Balaban J connectivity index is 5.41. The Morgan fingerprint density at radius 1 is 0.269 bits per heavy atom. The van der Waals surface area contributed by atoms with E-state index in [1.54, 1.807) is 0 Å². The summed E-state index contributed by atoms with van der Waals surface area (Å²) in [6, 6.07) is -2.73. The molecule has 0 aliphatic heterocycles. The second-order valence-electron chi connectivity index (χ2n) is 24.1. The number of carbonyl (C=O) groups excluding carboxylic acids is 14. The highest BCUT2D eigenvalue weighted by Gasteiger charge is 2.24. The van der Waals surface area contributed by atoms with Gasteiger partial charge in [-0.15, -0.1) is 49.4 Å². The van der Waals surface area contributed by atoms with Crippen molar-refractivity contribution in [1.29, 1.82) is 0 Å². The molecule has 0 aromatic carbocycles. The molecule has 9 N–H and O–H groups in total. The highest BCUT2D eigenvalue weighted by molar-refractivity contribution is 5.91. The zero-order chi connectivity index (χ0) is 76.9. The van der Waals surface area contributed by atoms with Crippen molar-refractivity contribution in [2.45, 2.75) is 205 Å². The molecule has 0 aromatic heterocycles. The lowest BCUT2D eigenvalue weighted by atomic mass is 10.00. The summed E-state index contributed by atoms with van der Waals surface area (Å²) in [5.74, 6) is 5.12. The van der Waals surface area contributed by atoms with Crippen LogP contribution < -0.4 is 47.9 Å². The van der Waals surface area contributed by atoms with E-state index in [0.29, 0.717) is 83.6 Å². The van der Waals surface area contributed by atoms with E-state index in [2.05, 4.69) is 71.5 Å².